The predicted octanol–water partition coefficient (Wildman–Crippen LogP) is 9.94. The molecule has 64 heavy (non-hydrogen) atoms. The Hall–Kier alpha value is -2.80. The highest BCUT2D eigenvalue weighted by atomic mass is 16.5. The van der Waals surface area contributed by atoms with Gasteiger partial charge < -0.3 is 42.2 Å². The molecule has 0 rings (SSSR count). The highest BCUT2D eigenvalue weighted by Gasteiger charge is 2.23. The normalized spacial score (nSPS) is 12.5. The molecular weight excluding hydrogens is 805 g/mol. The fraction of sp³-hybridized carbons (Fsp3) is 0.846. The van der Waals surface area contributed by atoms with Gasteiger partial charge in [-0.2, -0.15) is 0 Å². The van der Waals surface area contributed by atoms with Crippen molar-refractivity contribution in [3.05, 3.63) is 24.3 Å². The van der Waals surface area contributed by atoms with Crippen molar-refractivity contribution in [1.82, 2.24) is 9.80 Å². The van der Waals surface area contributed by atoms with E-state index in [-0.39, 0.29) is 62.8 Å². The van der Waals surface area contributed by atoms with Crippen molar-refractivity contribution >= 4 is 23.8 Å². The Morgan fingerprint density at radius 3 is 0.984 bits per heavy atom. The predicted molar refractivity (Wildman–Crippen MR) is 267 cm³/mol. The summed E-state index contributed by atoms with van der Waals surface area (Å²) in [5.74, 6) is -1.35. The van der Waals surface area contributed by atoms with Gasteiger partial charge in [-0.05, 0) is 77.0 Å². The standard InChI is InChI=1S/C52H100N6O6/c1-3-5-7-9-11-13-15-17-19-21-23-25-27-29-31-35-43-63-49(59)37-41-57(51(61)47(55)45-53)39-33-34-40-58(52(62)48(56)46-54)42-38-50(60)64-44-36-32-30-28-26-24-22-20-18-16-14-12-10-8-6-4-2/h17-20,47-48H,3-16,21-46,53-56H2,1-2H3/b19-17-,20-18-/t47-,48-/m0/s1. The van der Waals surface area contributed by atoms with Crippen LogP contribution in [0.2, 0.25) is 0 Å². The molecule has 0 spiro atoms. The van der Waals surface area contributed by atoms with Crippen molar-refractivity contribution < 1.29 is 28.7 Å². The molecule has 0 aliphatic carbocycles. The third-order valence-electron chi connectivity index (χ3n) is 11.9. The first-order valence-electron chi connectivity index (χ1n) is 26.3. The average Bonchev–Trinajstić information content (AvgIpc) is 3.30. The molecule has 0 radical (unpaired) electrons. The maximum absolute atomic E-state index is 13.0. The van der Waals surface area contributed by atoms with Crippen LogP contribution in [0.25, 0.3) is 0 Å². The number of unbranched alkanes of at least 4 members (excludes halogenated alkanes) is 25. The van der Waals surface area contributed by atoms with Gasteiger partial charge in [-0.15, -0.1) is 0 Å². The lowest BCUT2D eigenvalue weighted by Gasteiger charge is -2.27. The number of nitrogens with zero attached hydrogens (tertiary/aromatic N) is 2. The van der Waals surface area contributed by atoms with Crippen molar-refractivity contribution in [1.29, 1.82) is 0 Å². The smallest absolute Gasteiger partial charge is 0.307 e. The lowest BCUT2D eigenvalue weighted by Crippen LogP contribution is -2.49. The van der Waals surface area contributed by atoms with E-state index in [9.17, 15) is 19.2 Å². The minimum atomic E-state index is -0.874. The number of hydrogen-bond donors (Lipinski definition) is 4. The van der Waals surface area contributed by atoms with Gasteiger partial charge in [0.15, 0.2) is 0 Å². The Balaban J connectivity index is 4.37. The summed E-state index contributed by atoms with van der Waals surface area (Å²) in [5, 5.41) is 0. The molecule has 2 atom stereocenters. The van der Waals surface area contributed by atoms with E-state index < -0.39 is 12.1 Å². The second kappa shape index (κ2) is 46.7. The summed E-state index contributed by atoms with van der Waals surface area (Å²) in [6, 6.07) is -1.75. The number of rotatable bonds is 47. The van der Waals surface area contributed by atoms with Crippen LogP contribution in [-0.2, 0) is 28.7 Å². The van der Waals surface area contributed by atoms with Crippen LogP contribution in [0.4, 0.5) is 0 Å². The fourth-order valence-corrected chi connectivity index (χ4v) is 7.61. The highest BCUT2D eigenvalue weighted by molar-refractivity contribution is 5.83. The molecule has 2 amide bonds. The number of ether oxygens (including phenoxy) is 2. The van der Waals surface area contributed by atoms with Gasteiger partial charge in [0.2, 0.25) is 11.8 Å². The summed E-state index contributed by atoms with van der Waals surface area (Å²) < 4.78 is 10.9. The van der Waals surface area contributed by atoms with E-state index in [1.165, 1.54) is 128 Å². The molecule has 12 nitrogen and oxygen atoms in total. The number of carbonyl (C=O) groups is 4. The van der Waals surface area contributed by atoms with Crippen LogP contribution < -0.4 is 22.9 Å². The van der Waals surface area contributed by atoms with Crippen LogP contribution in [0.15, 0.2) is 24.3 Å². The maximum atomic E-state index is 13.0. The molecule has 0 heterocycles. The molecule has 0 saturated carbocycles. The monoisotopic (exact) mass is 905 g/mol. The zero-order valence-electron chi connectivity index (χ0n) is 41.4. The van der Waals surface area contributed by atoms with E-state index in [4.69, 9.17) is 32.4 Å². The zero-order valence-corrected chi connectivity index (χ0v) is 41.4. The molecule has 0 fully saturated rings. The number of esters is 2. The molecule has 12 heteroatoms. The zero-order chi connectivity index (χ0) is 47.1. The summed E-state index contributed by atoms with van der Waals surface area (Å²) in [6.45, 7) is 6.23. The Kier molecular flexibility index (Phi) is 44.7. The fourth-order valence-electron chi connectivity index (χ4n) is 7.61. The van der Waals surface area contributed by atoms with Gasteiger partial charge >= 0.3 is 11.9 Å². The minimum Gasteiger partial charge on any atom is -0.466 e. The van der Waals surface area contributed by atoms with Crippen LogP contribution >= 0.6 is 0 Å². The third kappa shape index (κ3) is 38.5. The number of carbonyl (C=O) groups excluding carboxylic acids is 4. The summed E-state index contributed by atoms with van der Waals surface area (Å²) in [6.07, 6.45) is 44.6. The first-order valence-corrected chi connectivity index (χ1v) is 26.3. The molecule has 0 aromatic rings. The topological polar surface area (TPSA) is 197 Å². The van der Waals surface area contributed by atoms with Gasteiger partial charge in [-0.1, -0.05) is 154 Å². The van der Waals surface area contributed by atoms with Crippen LogP contribution in [0, 0.1) is 0 Å². The summed E-state index contributed by atoms with van der Waals surface area (Å²) in [5.41, 5.74) is 23.4. The van der Waals surface area contributed by atoms with E-state index in [1.54, 1.807) is 9.80 Å². The van der Waals surface area contributed by atoms with Crippen molar-refractivity contribution in [3.63, 3.8) is 0 Å². The molecule has 8 N–H and O–H groups in total. The molecule has 0 aliphatic rings. The first-order chi connectivity index (χ1) is 31.2. The number of hydrogen-bond acceptors (Lipinski definition) is 10. The second-order valence-electron chi connectivity index (χ2n) is 17.9. The van der Waals surface area contributed by atoms with Crippen molar-refractivity contribution in [2.24, 2.45) is 22.9 Å². The van der Waals surface area contributed by atoms with Crippen LogP contribution in [0.1, 0.15) is 219 Å². The van der Waals surface area contributed by atoms with Crippen LogP contribution in [0.3, 0.4) is 0 Å². The average molecular weight is 905 g/mol. The Morgan fingerprint density at radius 1 is 0.406 bits per heavy atom. The quantitative estimate of drug-likeness (QED) is 0.0259. The van der Waals surface area contributed by atoms with Crippen LogP contribution in [0.5, 0.6) is 0 Å². The number of amides is 2. The van der Waals surface area contributed by atoms with E-state index in [0.717, 1.165) is 51.4 Å². The SMILES string of the molecule is CCCCCCCC/C=C\CCCCCCCCOC(=O)CCN(CCCCN(CCC(=O)OCCCCCCCC/C=C\CCCCCCCC)C(=O)[C@@H](N)CN)C(=O)[C@@H](N)CN. The molecule has 374 valence electrons. The Labute approximate surface area is 392 Å². The molecule has 0 saturated heterocycles. The molecule has 0 bridgehead atoms. The Morgan fingerprint density at radius 2 is 0.688 bits per heavy atom. The molecule has 0 aromatic heterocycles. The van der Waals surface area contributed by atoms with Gasteiger partial charge in [0.1, 0.15) is 0 Å². The van der Waals surface area contributed by atoms with Crippen molar-refractivity contribution in [3.8, 4) is 0 Å². The highest BCUT2D eigenvalue weighted by Crippen LogP contribution is 2.13. The summed E-state index contributed by atoms with van der Waals surface area (Å²) in [4.78, 5) is 54.3. The molecule has 0 aliphatic heterocycles. The van der Waals surface area contributed by atoms with Gasteiger partial charge in [0.25, 0.3) is 0 Å². The number of allylic oxidation sites excluding steroid dienone is 4. The molecule has 0 aromatic carbocycles. The lowest BCUT2D eigenvalue weighted by molar-refractivity contribution is -0.146. The van der Waals surface area contributed by atoms with Gasteiger partial charge in [-0.25, -0.2) is 0 Å². The van der Waals surface area contributed by atoms with Crippen molar-refractivity contribution in [2.75, 3.05) is 52.5 Å². The third-order valence-corrected chi connectivity index (χ3v) is 11.9. The molecular formula is C52H100N6O6. The first kappa shape index (κ1) is 61.2. The Bertz CT molecular complexity index is 1080. The molecule has 0 unspecified atom stereocenters. The maximum Gasteiger partial charge on any atom is 0.307 e. The largest absolute Gasteiger partial charge is 0.466 e. The van der Waals surface area contributed by atoms with Crippen molar-refractivity contribution in [2.45, 2.75) is 231 Å². The van der Waals surface area contributed by atoms with Gasteiger partial charge in [0.05, 0.1) is 38.1 Å². The lowest BCUT2D eigenvalue weighted by atomic mass is 10.1. The summed E-state index contributed by atoms with van der Waals surface area (Å²) in [7, 11) is 0. The van der Waals surface area contributed by atoms with E-state index >= 15 is 0 Å². The van der Waals surface area contributed by atoms with E-state index in [0.29, 0.717) is 39.1 Å². The minimum absolute atomic E-state index is 0.0113. The summed E-state index contributed by atoms with van der Waals surface area (Å²) >= 11 is 0. The second-order valence-corrected chi connectivity index (χ2v) is 17.9. The van der Waals surface area contributed by atoms with E-state index in [1.807, 2.05) is 0 Å². The van der Waals surface area contributed by atoms with Gasteiger partial charge in [0, 0.05) is 39.3 Å². The van der Waals surface area contributed by atoms with E-state index in [2.05, 4.69) is 38.2 Å². The number of nitrogens with two attached hydrogens (primary N) is 4. The van der Waals surface area contributed by atoms with Gasteiger partial charge in [-0.3, -0.25) is 19.2 Å². The van der Waals surface area contributed by atoms with Crippen LogP contribution in [-0.4, -0.2) is 98.1 Å².